The van der Waals surface area contributed by atoms with Crippen molar-refractivity contribution in [1.29, 1.82) is 0 Å². The van der Waals surface area contributed by atoms with Crippen molar-refractivity contribution in [3.05, 3.63) is 35.4 Å². The van der Waals surface area contributed by atoms with Gasteiger partial charge < -0.3 is 5.32 Å². The van der Waals surface area contributed by atoms with Crippen LogP contribution in [-0.4, -0.2) is 6.54 Å². The molecule has 0 saturated heterocycles. The fourth-order valence-electron chi connectivity index (χ4n) is 1.34. The molecule has 0 bridgehead atoms. The molecule has 0 aliphatic carbocycles. The molecule has 10 heavy (non-hydrogen) atoms. The molecule has 0 unspecified atom stereocenters. The summed E-state index contributed by atoms with van der Waals surface area (Å²) in [5, 5.41) is 3.26. The number of hydrogen-bond acceptors (Lipinski definition) is 1. The summed E-state index contributed by atoms with van der Waals surface area (Å²) in [6.07, 6.45) is 1.07. The Balaban J connectivity index is 2.49. The predicted octanol–water partition coefficient (Wildman–Crippen LogP) is 1.33. The third-order valence-electron chi connectivity index (χ3n) is 1.91. The van der Waals surface area contributed by atoms with E-state index in [0.717, 1.165) is 19.5 Å². The van der Waals surface area contributed by atoms with E-state index in [0.29, 0.717) is 6.04 Å². The van der Waals surface area contributed by atoms with Crippen LogP contribution in [0.15, 0.2) is 24.2 Å². The van der Waals surface area contributed by atoms with E-state index in [1.165, 1.54) is 11.1 Å². The van der Waals surface area contributed by atoms with Gasteiger partial charge >= 0.3 is 0 Å². The molecule has 0 aromatic heterocycles. The second kappa shape index (κ2) is 2.43. The summed E-state index contributed by atoms with van der Waals surface area (Å²) < 4.78 is 7.61. The van der Waals surface area contributed by atoms with Gasteiger partial charge in [0.2, 0.25) is 0 Å². The van der Waals surface area contributed by atoms with Crippen molar-refractivity contribution in [2.75, 3.05) is 6.54 Å². The van der Waals surface area contributed by atoms with E-state index < -0.39 is 0 Å². The van der Waals surface area contributed by atoms with Crippen molar-refractivity contribution in [2.45, 2.75) is 13.0 Å². The number of rotatable bonds is 0. The Bertz CT molecular complexity index is 270. The lowest BCUT2D eigenvalue weighted by atomic mass is 10.0. The lowest BCUT2D eigenvalue weighted by Gasteiger charge is -2.15. The van der Waals surface area contributed by atoms with Gasteiger partial charge in [0, 0.05) is 6.54 Å². The Morgan fingerprint density at radius 1 is 1.40 bits per heavy atom. The normalized spacial score (nSPS) is 17.8. The van der Waals surface area contributed by atoms with E-state index in [4.69, 9.17) is 1.37 Å². The Morgan fingerprint density at radius 2 is 2.40 bits per heavy atom. The molecule has 1 heteroatoms. The van der Waals surface area contributed by atoms with Gasteiger partial charge in [0.1, 0.15) is 0 Å². The largest absolute Gasteiger partial charge is 0.312 e. The first-order chi connectivity index (χ1) is 5.38. The van der Waals surface area contributed by atoms with Gasteiger partial charge in [-0.05, 0) is 24.1 Å². The van der Waals surface area contributed by atoms with Gasteiger partial charge in [-0.3, -0.25) is 0 Å². The lowest BCUT2D eigenvalue weighted by molar-refractivity contribution is 0.644. The van der Waals surface area contributed by atoms with Crippen LogP contribution in [-0.2, 0) is 13.0 Å². The second-order valence-corrected chi connectivity index (χ2v) is 2.60. The molecule has 0 saturated carbocycles. The van der Waals surface area contributed by atoms with E-state index in [-0.39, 0.29) is 0 Å². The van der Waals surface area contributed by atoms with Crippen LogP contribution in [0, 0.1) is 0 Å². The van der Waals surface area contributed by atoms with Crippen LogP contribution in [0.25, 0.3) is 0 Å². The zero-order chi connectivity index (χ0) is 7.68. The highest BCUT2D eigenvalue weighted by Crippen LogP contribution is 2.11. The summed E-state index contributed by atoms with van der Waals surface area (Å²) in [6.45, 7) is 1.92. The van der Waals surface area contributed by atoms with E-state index >= 15 is 0 Å². The molecule has 1 heterocycles. The van der Waals surface area contributed by atoms with Gasteiger partial charge in [-0.15, -0.1) is 0 Å². The molecule has 52 valence electrons. The minimum atomic E-state index is 0.676. The first-order valence-electron chi connectivity index (χ1n) is 4.16. The molecule has 1 aromatic carbocycles. The fourth-order valence-corrected chi connectivity index (χ4v) is 1.34. The third kappa shape index (κ3) is 0.929. The lowest BCUT2D eigenvalue weighted by Crippen LogP contribution is -2.23. The quantitative estimate of drug-likeness (QED) is 0.564. The Hall–Kier alpha value is -0.820. The second-order valence-electron chi connectivity index (χ2n) is 2.60. The van der Waals surface area contributed by atoms with Crippen molar-refractivity contribution in [1.82, 2.24) is 5.32 Å². The molecule has 0 fully saturated rings. The third-order valence-corrected chi connectivity index (χ3v) is 1.91. The molecule has 0 spiro atoms. The molecule has 1 N–H and O–H groups in total. The summed E-state index contributed by atoms with van der Waals surface area (Å²) in [5.74, 6) is 0. The van der Waals surface area contributed by atoms with Crippen molar-refractivity contribution in [3.63, 3.8) is 0 Å². The van der Waals surface area contributed by atoms with Crippen molar-refractivity contribution < 1.29 is 1.37 Å². The summed E-state index contributed by atoms with van der Waals surface area (Å²) in [4.78, 5) is 0. The maximum atomic E-state index is 7.61. The molecular weight excluding hydrogens is 122 g/mol. The van der Waals surface area contributed by atoms with Crippen LogP contribution in [0.4, 0.5) is 0 Å². The van der Waals surface area contributed by atoms with E-state index in [1.807, 2.05) is 12.1 Å². The summed E-state index contributed by atoms with van der Waals surface area (Å²) in [7, 11) is 0. The number of fused-ring (bicyclic) bond motifs is 1. The van der Waals surface area contributed by atoms with Crippen LogP contribution in [0.2, 0.25) is 0 Å². The molecule has 1 nitrogen and oxygen atoms in total. The van der Waals surface area contributed by atoms with E-state index in [9.17, 15) is 0 Å². The first-order valence-corrected chi connectivity index (χ1v) is 3.66. The van der Waals surface area contributed by atoms with E-state index in [1.54, 1.807) is 0 Å². The highest BCUT2D eigenvalue weighted by molar-refractivity contribution is 5.28. The highest BCUT2D eigenvalue weighted by atomic mass is 14.9. The SMILES string of the molecule is [2H]c1cccc2c1CNCC2. The molecule has 2 rings (SSSR count). The average Bonchev–Trinajstić information content (AvgIpc) is 2.06. The number of benzene rings is 1. The number of hydrogen-bond donors (Lipinski definition) is 1. The fraction of sp³-hybridized carbons (Fsp3) is 0.333. The molecule has 1 aromatic rings. The van der Waals surface area contributed by atoms with Crippen LogP contribution in [0.1, 0.15) is 12.5 Å². The van der Waals surface area contributed by atoms with Gasteiger partial charge in [0.05, 0.1) is 1.37 Å². The zero-order valence-corrected chi connectivity index (χ0v) is 5.85. The molecule has 1 aliphatic heterocycles. The molecular formula is C9H11N. The molecule has 1 aliphatic rings. The van der Waals surface area contributed by atoms with Crippen LogP contribution in [0.3, 0.4) is 0 Å². The predicted molar refractivity (Wildman–Crippen MR) is 41.9 cm³/mol. The highest BCUT2D eigenvalue weighted by Gasteiger charge is 2.05. The van der Waals surface area contributed by atoms with E-state index in [2.05, 4.69) is 11.4 Å². The van der Waals surface area contributed by atoms with Crippen molar-refractivity contribution >= 4 is 0 Å². The smallest absolute Gasteiger partial charge is 0.0626 e. The standard InChI is InChI=1S/C9H11N/c1-2-4-9-7-10-6-5-8(9)3-1/h1-4,10H,5-7H2/i4D. The maximum absolute atomic E-state index is 7.61. The molecule has 0 radical (unpaired) electrons. The van der Waals surface area contributed by atoms with Crippen LogP contribution < -0.4 is 5.32 Å². The van der Waals surface area contributed by atoms with Gasteiger partial charge in [-0.25, -0.2) is 0 Å². The summed E-state index contributed by atoms with van der Waals surface area (Å²) in [6, 6.07) is 6.61. The van der Waals surface area contributed by atoms with Crippen LogP contribution >= 0.6 is 0 Å². The molecule has 0 amide bonds. The van der Waals surface area contributed by atoms with Crippen LogP contribution in [0.5, 0.6) is 0 Å². The van der Waals surface area contributed by atoms with Crippen molar-refractivity contribution in [2.24, 2.45) is 0 Å². The topological polar surface area (TPSA) is 12.0 Å². The van der Waals surface area contributed by atoms with Gasteiger partial charge in [-0.1, -0.05) is 24.2 Å². The Morgan fingerprint density at radius 3 is 3.30 bits per heavy atom. The molecule has 0 atom stereocenters. The first kappa shape index (κ1) is 4.91. The monoisotopic (exact) mass is 134 g/mol. The summed E-state index contributed by atoms with van der Waals surface area (Å²) in [5.41, 5.74) is 2.52. The zero-order valence-electron chi connectivity index (χ0n) is 6.85. The average molecular weight is 134 g/mol. The van der Waals surface area contributed by atoms with Crippen molar-refractivity contribution in [3.8, 4) is 0 Å². The van der Waals surface area contributed by atoms with Gasteiger partial charge in [-0.2, -0.15) is 0 Å². The summed E-state index contributed by atoms with van der Waals surface area (Å²) >= 11 is 0. The number of nitrogens with one attached hydrogen (secondary N) is 1. The maximum Gasteiger partial charge on any atom is 0.0626 e. The Kier molecular flexibility index (Phi) is 1.19. The van der Waals surface area contributed by atoms with Gasteiger partial charge in [0.15, 0.2) is 0 Å². The van der Waals surface area contributed by atoms with Gasteiger partial charge in [0.25, 0.3) is 0 Å². The minimum absolute atomic E-state index is 0.676. The minimum Gasteiger partial charge on any atom is -0.312 e. The Labute approximate surface area is 62.5 Å².